The molecular weight excluding hydrogens is 288 g/mol. The topological polar surface area (TPSA) is 116 Å². The number of carboxylic acids is 1. The van der Waals surface area contributed by atoms with Crippen LogP contribution < -0.4 is 5.84 Å². The van der Waals surface area contributed by atoms with Gasteiger partial charge in [0.2, 0.25) is 0 Å². The zero-order chi connectivity index (χ0) is 16.5. The number of carboxylic acid groups (broad SMARTS) is 1. The largest absolute Gasteiger partial charge is 0.480 e. The minimum atomic E-state index is -1.25. The lowest BCUT2D eigenvalue weighted by Gasteiger charge is -2.29. The van der Waals surface area contributed by atoms with Crippen molar-refractivity contribution in [3.8, 4) is 0 Å². The van der Waals surface area contributed by atoms with Crippen molar-refractivity contribution in [1.82, 2.24) is 9.80 Å². The van der Waals surface area contributed by atoms with Gasteiger partial charge in [0.25, 0.3) is 5.91 Å². The third-order valence-corrected chi connectivity index (χ3v) is 3.84. The summed E-state index contributed by atoms with van der Waals surface area (Å²) in [5.41, 5.74) is 0.0809. The second-order valence-corrected chi connectivity index (χ2v) is 5.10. The SMILES string of the molecule is CN1C(=O)N(CC(=O)O)C(=O)C1(C)c1ccc(C=NN)cc1. The predicted molar refractivity (Wildman–Crippen MR) is 78.1 cm³/mol. The number of aliphatic carboxylic acids is 1. The van der Waals surface area contributed by atoms with E-state index < -0.39 is 30.0 Å². The molecule has 1 saturated heterocycles. The van der Waals surface area contributed by atoms with E-state index in [1.807, 2.05) is 0 Å². The summed E-state index contributed by atoms with van der Waals surface area (Å²) in [4.78, 5) is 37.5. The maximum atomic E-state index is 12.5. The average Bonchev–Trinajstić information content (AvgIpc) is 2.64. The quantitative estimate of drug-likeness (QED) is 0.356. The van der Waals surface area contributed by atoms with E-state index in [0.29, 0.717) is 5.56 Å². The molecule has 2 rings (SSSR count). The second kappa shape index (κ2) is 5.47. The zero-order valence-electron chi connectivity index (χ0n) is 12.2. The summed E-state index contributed by atoms with van der Waals surface area (Å²) in [6.45, 7) is 0.927. The Morgan fingerprint density at radius 1 is 1.36 bits per heavy atom. The Bertz CT molecular complexity index is 655. The van der Waals surface area contributed by atoms with Gasteiger partial charge in [-0.25, -0.2) is 4.79 Å². The van der Waals surface area contributed by atoms with Gasteiger partial charge in [-0.3, -0.25) is 14.5 Å². The molecule has 8 nitrogen and oxygen atoms in total. The Labute approximate surface area is 126 Å². The van der Waals surface area contributed by atoms with Crippen molar-refractivity contribution in [3.63, 3.8) is 0 Å². The minimum absolute atomic E-state index is 0.567. The van der Waals surface area contributed by atoms with E-state index in [-0.39, 0.29) is 0 Å². The van der Waals surface area contributed by atoms with Crippen molar-refractivity contribution in [2.45, 2.75) is 12.5 Å². The summed E-state index contributed by atoms with van der Waals surface area (Å²) in [6.07, 6.45) is 1.45. The number of hydrogen-bond acceptors (Lipinski definition) is 5. The fraction of sp³-hybridized carbons (Fsp3) is 0.286. The van der Waals surface area contributed by atoms with Crippen LogP contribution in [0.25, 0.3) is 0 Å². The third-order valence-electron chi connectivity index (χ3n) is 3.84. The maximum absolute atomic E-state index is 12.5. The van der Waals surface area contributed by atoms with Crippen molar-refractivity contribution < 1.29 is 19.5 Å². The van der Waals surface area contributed by atoms with E-state index in [1.54, 1.807) is 31.2 Å². The van der Waals surface area contributed by atoms with Crippen LogP contribution in [0.3, 0.4) is 0 Å². The van der Waals surface area contributed by atoms with E-state index in [0.717, 1.165) is 10.5 Å². The van der Waals surface area contributed by atoms with Crippen molar-refractivity contribution in [2.24, 2.45) is 10.9 Å². The van der Waals surface area contributed by atoms with Crippen LogP contribution in [-0.2, 0) is 15.1 Å². The highest BCUT2D eigenvalue weighted by Crippen LogP contribution is 2.35. The molecule has 116 valence electrons. The van der Waals surface area contributed by atoms with Gasteiger partial charge >= 0.3 is 12.0 Å². The van der Waals surface area contributed by atoms with Crippen LogP contribution in [0.2, 0.25) is 0 Å². The average molecular weight is 304 g/mol. The Morgan fingerprint density at radius 3 is 2.45 bits per heavy atom. The third kappa shape index (κ3) is 2.28. The number of carbonyl (C=O) groups is 3. The van der Waals surface area contributed by atoms with E-state index >= 15 is 0 Å². The lowest BCUT2D eigenvalue weighted by molar-refractivity contribution is -0.143. The van der Waals surface area contributed by atoms with E-state index in [9.17, 15) is 14.4 Å². The van der Waals surface area contributed by atoms with Crippen LogP contribution in [0, 0.1) is 0 Å². The van der Waals surface area contributed by atoms with E-state index in [2.05, 4.69) is 5.10 Å². The predicted octanol–water partition coefficient (Wildman–Crippen LogP) is 0.173. The van der Waals surface area contributed by atoms with Crippen molar-refractivity contribution in [1.29, 1.82) is 0 Å². The number of carbonyl (C=O) groups excluding carboxylic acids is 2. The highest BCUT2D eigenvalue weighted by atomic mass is 16.4. The molecule has 0 saturated carbocycles. The molecule has 3 amide bonds. The first-order chi connectivity index (χ1) is 10.3. The molecule has 0 spiro atoms. The number of imide groups is 1. The molecule has 8 heteroatoms. The van der Waals surface area contributed by atoms with Crippen molar-refractivity contribution >= 4 is 24.1 Å². The number of hydrogen-bond donors (Lipinski definition) is 2. The summed E-state index contributed by atoms with van der Waals surface area (Å²) < 4.78 is 0. The van der Waals surface area contributed by atoms with Crippen LogP contribution in [0.15, 0.2) is 29.4 Å². The fourth-order valence-corrected chi connectivity index (χ4v) is 2.44. The van der Waals surface area contributed by atoms with Gasteiger partial charge in [0.1, 0.15) is 12.1 Å². The van der Waals surface area contributed by atoms with Crippen LogP contribution in [0.4, 0.5) is 4.79 Å². The molecule has 0 aromatic heterocycles. The first-order valence-electron chi connectivity index (χ1n) is 6.47. The summed E-state index contributed by atoms with van der Waals surface area (Å²) in [7, 11) is 1.47. The summed E-state index contributed by atoms with van der Waals surface area (Å²) in [5, 5.41) is 12.2. The summed E-state index contributed by atoms with van der Waals surface area (Å²) in [5.74, 6) is 3.26. The molecule has 1 aromatic carbocycles. The van der Waals surface area contributed by atoms with Gasteiger partial charge in [0.15, 0.2) is 0 Å². The Kier molecular flexibility index (Phi) is 3.85. The molecule has 0 bridgehead atoms. The first-order valence-corrected chi connectivity index (χ1v) is 6.47. The van der Waals surface area contributed by atoms with Gasteiger partial charge in [-0.2, -0.15) is 5.10 Å². The molecule has 1 heterocycles. The Hall–Kier alpha value is -2.90. The molecule has 1 fully saturated rings. The van der Waals surface area contributed by atoms with Crippen LogP contribution in [0.1, 0.15) is 18.1 Å². The number of amides is 3. The zero-order valence-corrected chi connectivity index (χ0v) is 12.2. The number of benzene rings is 1. The van der Waals surface area contributed by atoms with Gasteiger partial charge in [-0.05, 0) is 18.1 Å². The van der Waals surface area contributed by atoms with Crippen LogP contribution >= 0.6 is 0 Å². The molecule has 1 aromatic rings. The number of nitrogens with zero attached hydrogens (tertiary/aromatic N) is 3. The highest BCUT2D eigenvalue weighted by Gasteiger charge is 2.53. The van der Waals surface area contributed by atoms with Crippen molar-refractivity contribution in [3.05, 3.63) is 35.4 Å². The molecule has 1 aliphatic rings. The number of hydrazone groups is 1. The van der Waals surface area contributed by atoms with Gasteiger partial charge < -0.3 is 15.8 Å². The standard InChI is InChI=1S/C14H16N4O4/c1-14(10-5-3-9(4-6-10)7-16-15)12(21)18(8-11(19)20)13(22)17(14)2/h3-7H,8,15H2,1-2H3,(H,19,20). The number of rotatable bonds is 4. The summed E-state index contributed by atoms with van der Waals surface area (Å²) >= 11 is 0. The first kappa shape index (κ1) is 15.5. The second-order valence-electron chi connectivity index (χ2n) is 5.10. The number of likely N-dealkylation sites (N-methyl/N-ethyl adjacent to an activating group) is 1. The Balaban J connectivity index is 2.41. The molecule has 3 N–H and O–H groups in total. The molecule has 1 unspecified atom stereocenters. The molecule has 1 atom stereocenters. The fourth-order valence-electron chi connectivity index (χ4n) is 2.44. The smallest absolute Gasteiger partial charge is 0.328 e. The van der Waals surface area contributed by atoms with Crippen LogP contribution in [0.5, 0.6) is 0 Å². The van der Waals surface area contributed by atoms with Gasteiger partial charge in [-0.1, -0.05) is 24.3 Å². The normalized spacial score (nSPS) is 21.9. The van der Waals surface area contributed by atoms with E-state index in [4.69, 9.17) is 10.9 Å². The van der Waals surface area contributed by atoms with Crippen LogP contribution in [-0.4, -0.2) is 52.6 Å². The monoisotopic (exact) mass is 304 g/mol. The molecule has 22 heavy (non-hydrogen) atoms. The highest BCUT2D eigenvalue weighted by molar-refractivity contribution is 6.08. The molecule has 0 radical (unpaired) electrons. The molecule has 0 aliphatic carbocycles. The van der Waals surface area contributed by atoms with Gasteiger partial charge in [-0.15, -0.1) is 0 Å². The van der Waals surface area contributed by atoms with Gasteiger partial charge in [0.05, 0.1) is 6.21 Å². The van der Waals surface area contributed by atoms with E-state index in [1.165, 1.54) is 18.2 Å². The number of nitrogens with two attached hydrogens (primary N) is 1. The number of urea groups is 1. The summed E-state index contributed by atoms with van der Waals surface area (Å²) in [6, 6.07) is 6.15. The molecular formula is C14H16N4O4. The van der Waals surface area contributed by atoms with Crippen molar-refractivity contribution in [2.75, 3.05) is 13.6 Å². The molecule has 1 aliphatic heterocycles. The lowest BCUT2D eigenvalue weighted by Crippen LogP contribution is -2.42. The lowest BCUT2D eigenvalue weighted by atomic mass is 9.90. The van der Waals surface area contributed by atoms with Gasteiger partial charge in [0, 0.05) is 7.05 Å². The Morgan fingerprint density at radius 2 is 1.95 bits per heavy atom. The minimum Gasteiger partial charge on any atom is -0.480 e. The maximum Gasteiger partial charge on any atom is 0.328 e.